The molecular weight excluding hydrogens is 300 g/mol. The van der Waals surface area contributed by atoms with Crippen LogP contribution in [-0.4, -0.2) is 32.7 Å². The molecule has 2 aromatic rings. The van der Waals surface area contributed by atoms with Crippen LogP contribution in [0.3, 0.4) is 0 Å². The van der Waals surface area contributed by atoms with Gasteiger partial charge in [0.2, 0.25) is 5.78 Å². The number of ketones is 1. The van der Waals surface area contributed by atoms with E-state index in [0.29, 0.717) is 17.2 Å². The Morgan fingerprint density at radius 1 is 1.29 bits per heavy atom. The Hall–Kier alpha value is -1.94. The number of nitrogens with one attached hydrogen (secondary N) is 1. The van der Waals surface area contributed by atoms with Crippen LogP contribution >= 0.6 is 0 Å². The van der Waals surface area contributed by atoms with E-state index in [2.05, 4.69) is 18.8 Å². The third kappa shape index (κ3) is 2.24. The van der Waals surface area contributed by atoms with E-state index in [9.17, 15) is 9.90 Å². The fourth-order valence-corrected chi connectivity index (χ4v) is 4.43. The summed E-state index contributed by atoms with van der Waals surface area (Å²) in [7, 11) is 0. The second kappa shape index (κ2) is 5.03. The van der Waals surface area contributed by atoms with Crippen molar-refractivity contribution in [2.75, 3.05) is 0 Å². The lowest BCUT2D eigenvalue weighted by molar-refractivity contribution is -0.0346. The monoisotopic (exact) mass is 324 g/mol. The van der Waals surface area contributed by atoms with Gasteiger partial charge in [0.15, 0.2) is 0 Å². The number of carbonyl (C=O) groups excluding carboxylic acids is 1. The summed E-state index contributed by atoms with van der Waals surface area (Å²) in [6, 6.07) is 7.80. The zero-order valence-electron chi connectivity index (χ0n) is 14.5. The third-order valence-corrected chi connectivity index (χ3v) is 6.07. The molecule has 2 heterocycles. The second-order valence-corrected chi connectivity index (χ2v) is 8.11. The number of aliphatic hydroxyl groups is 1. The molecule has 0 saturated heterocycles. The molecule has 1 aromatic carbocycles. The van der Waals surface area contributed by atoms with Gasteiger partial charge in [-0.2, -0.15) is 0 Å². The predicted octanol–water partition coefficient (Wildman–Crippen LogP) is 3.75. The number of aromatic nitrogens is 1. The van der Waals surface area contributed by atoms with Crippen molar-refractivity contribution in [2.24, 2.45) is 16.8 Å². The first-order valence-corrected chi connectivity index (χ1v) is 8.72. The van der Waals surface area contributed by atoms with E-state index >= 15 is 0 Å². The maximum Gasteiger partial charge on any atom is 0.209 e. The van der Waals surface area contributed by atoms with Gasteiger partial charge in [-0.1, -0.05) is 18.2 Å². The van der Waals surface area contributed by atoms with Crippen LogP contribution in [-0.2, 0) is 0 Å². The molecule has 4 rings (SSSR count). The SMILES string of the molecule is CC1(C)N=C(C(=O)c2c[nH]c3ccccc23)[C@H]2C[C@@H]1CC[C@@]2(C)O. The van der Waals surface area contributed by atoms with Crippen LogP contribution in [0.1, 0.15) is 50.4 Å². The van der Waals surface area contributed by atoms with E-state index in [-0.39, 0.29) is 17.2 Å². The molecule has 4 nitrogen and oxygen atoms in total. The van der Waals surface area contributed by atoms with Gasteiger partial charge in [0, 0.05) is 28.6 Å². The normalized spacial score (nSPS) is 31.8. The molecule has 4 heteroatoms. The van der Waals surface area contributed by atoms with Crippen molar-refractivity contribution < 1.29 is 9.90 Å². The van der Waals surface area contributed by atoms with Crippen LogP contribution in [0.15, 0.2) is 35.5 Å². The number of Topliss-reactive ketones (excluding diaryl/α,β-unsaturated/α-hetero) is 1. The number of hydrogen-bond donors (Lipinski definition) is 2. The number of H-pyrrole nitrogens is 1. The van der Waals surface area contributed by atoms with Crippen molar-refractivity contribution >= 4 is 22.4 Å². The van der Waals surface area contributed by atoms with Crippen LogP contribution in [0.5, 0.6) is 0 Å². The zero-order chi connectivity index (χ0) is 17.1. The highest BCUT2D eigenvalue weighted by Crippen LogP contribution is 2.47. The van der Waals surface area contributed by atoms with Gasteiger partial charge >= 0.3 is 0 Å². The first kappa shape index (κ1) is 15.6. The Morgan fingerprint density at radius 3 is 2.83 bits per heavy atom. The molecule has 1 aliphatic heterocycles. The molecule has 2 N–H and O–H groups in total. The molecule has 0 spiro atoms. The fraction of sp³-hybridized carbons (Fsp3) is 0.500. The Bertz CT molecular complexity index is 844. The standard InChI is InChI=1S/C20H24N2O2/c1-19(2)12-8-9-20(3,24)15(10-12)17(22-19)18(23)14-11-21-16-7-5-4-6-13(14)16/h4-7,11-12,15,21,24H,8-10H2,1-3H3/t12-,15+,20+/m0/s1. The summed E-state index contributed by atoms with van der Waals surface area (Å²) < 4.78 is 0. The lowest BCUT2D eigenvalue weighted by Crippen LogP contribution is -2.54. The summed E-state index contributed by atoms with van der Waals surface area (Å²) in [5.41, 5.74) is 1.05. The summed E-state index contributed by atoms with van der Waals surface area (Å²) in [4.78, 5) is 21.3. The van der Waals surface area contributed by atoms with Gasteiger partial charge in [0.05, 0.1) is 16.9 Å². The summed E-state index contributed by atoms with van der Waals surface area (Å²) in [6.45, 7) is 6.07. The lowest BCUT2D eigenvalue weighted by Gasteiger charge is -2.49. The number of carbonyl (C=O) groups is 1. The average molecular weight is 324 g/mol. The maximum absolute atomic E-state index is 13.3. The highest BCUT2D eigenvalue weighted by Gasteiger charge is 2.50. The minimum absolute atomic E-state index is 0.0499. The lowest BCUT2D eigenvalue weighted by atomic mass is 9.62. The van der Waals surface area contributed by atoms with Gasteiger partial charge < -0.3 is 10.1 Å². The Morgan fingerprint density at radius 2 is 2.04 bits per heavy atom. The average Bonchev–Trinajstić information content (AvgIpc) is 2.95. The van der Waals surface area contributed by atoms with E-state index in [1.54, 1.807) is 6.20 Å². The molecule has 2 aliphatic rings. The van der Waals surface area contributed by atoms with Crippen molar-refractivity contribution in [3.8, 4) is 0 Å². The summed E-state index contributed by atoms with van der Waals surface area (Å²) in [5.74, 6) is 0.207. The number of aliphatic imine (C=N–C) groups is 1. The number of benzene rings is 1. The smallest absolute Gasteiger partial charge is 0.209 e. The van der Waals surface area contributed by atoms with E-state index in [0.717, 1.165) is 30.2 Å². The fourth-order valence-electron chi connectivity index (χ4n) is 4.43. The third-order valence-electron chi connectivity index (χ3n) is 6.07. The Kier molecular flexibility index (Phi) is 3.26. The number of fused-ring (bicyclic) bond motifs is 3. The molecule has 2 bridgehead atoms. The topological polar surface area (TPSA) is 65.5 Å². The van der Waals surface area contributed by atoms with E-state index in [1.807, 2.05) is 31.2 Å². The van der Waals surface area contributed by atoms with Crippen molar-refractivity contribution in [2.45, 2.75) is 51.2 Å². The minimum Gasteiger partial charge on any atom is -0.389 e. The van der Waals surface area contributed by atoms with Gasteiger partial charge in [-0.3, -0.25) is 9.79 Å². The van der Waals surface area contributed by atoms with Crippen LogP contribution in [0.4, 0.5) is 0 Å². The van der Waals surface area contributed by atoms with Crippen molar-refractivity contribution in [1.29, 1.82) is 0 Å². The van der Waals surface area contributed by atoms with Crippen molar-refractivity contribution in [3.63, 3.8) is 0 Å². The molecular formula is C20H24N2O2. The van der Waals surface area contributed by atoms with E-state index in [4.69, 9.17) is 4.99 Å². The van der Waals surface area contributed by atoms with E-state index in [1.165, 1.54) is 0 Å². The molecule has 0 amide bonds. The largest absolute Gasteiger partial charge is 0.389 e. The second-order valence-electron chi connectivity index (χ2n) is 8.11. The molecule has 1 fully saturated rings. The number of nitrogens with zero attached hydrogens (tertiary/aromatic N) is 1. The zero-order valence-corrected chi connectivity index (χ0v) is 14.5. The number of hydrogen-bond acceptors (Lipinski definition) is 3. The number of rotatable bonds is 2. The number of para-hydroxylation sites is 1. The van der Waals surface area contributed by atoms with Crippen LogP contribution in [0.2, 0.25) is 0 Å². The predicted molar refractivity (Wildman–Crippen MR) is 95.6 cm³/mol. The van der Waals surface area contributed by atoms with E-state index < -0.39 is 5.60 Å². The van der Waals surface area contributed by atoms with Crippen LogP contribution in [0.25, 0.3) is 10.9 Å². The number of aromatic amines is 1. The van der Waals surface area contributed by atoms with Gasteiger partial charge in [-0.15, -0.1) is 0 Å². The Balaban J connectivity index is 1.83. The van der Waals surface area contributed by atoms with Crippen LogP contribution < -0.4 is 0 Å². The molecule has 3 atom stereocenters. The highest BCUT2D eigenvalue weighted by atomic mass is 16.3. The van der Waals surface area contributed by atoms with Crippen molar-refractivity contribution in [1.82, 2.24) is 4.98 Å². The first-order chi connectivity index (χ1) is 11.3. The van der Waals surface area contributed by atoms with Gasteiger partial charge in [0.25, 0.3) is 0 Å². The van der Waals surface area contributed by atoms with Gasteiger partial charge in [0.1, 0.15) is 0 Å². The highest BCUT2D eigenvalue weighted by molar-refractivity contribution is 6.48. The summed E-state index contributed by atoms with van der Waals surface area (Å²) in [5, 5.41) is 11.8. The van der Waals surface area contributed by atoms with Crippen molar-refractivity contribution in [3.05, 3.63) is 36.0 Å². The van der Waals surface area contributed by atoms with Gasteiger partial charge in [-0.05, 0) is 52.0 Å². The molecule has 1 aliphatic carbocycles. The maximum atomic E-state index is 13.3. The molecule has 0 radical (unpaired) electrons. The minimum atomic E-state index is -0.854. The summed E-state index contributed by atoms with van der Waals surface area (Å²) >= 11 is 0. The molecule has 24 heavy (non-hydrogen) atoms. The molecule has 1 aromatic heterocycles. The first-order valence-electron chi connectivity index (χ1n) is 8.72. The quantitative estimate of drug-likeness (QED) is 0.826. The van der Waals surface area contributed by atoms with Crippen LogP contribution in [0, 0.1) is 11.8 Å². The van der Waals surface area contributed by atoms with Gasteiger partial charge in [-0.25, -0.2) is 0 Å². The molecule has 126 valence electrons. The molecule has 1 saturated carbocycles. The Labute approximate surface area is 142 Å². The summed E-state index contributed by atoms with van der Waals surface area (Å²) in [6.07, 6.45) is 4.31. The molecule has 0 unspecified atom stereocenters.